The molecule has 0 N–H and O–H groups in total. The smallest absolute Gasteiger partial charge is 1.00 e. The first-order valence-electron chi connectivity index (χ1n) is 8.23. The summed E-state index contributed by atoms with van der Waals surface area (Å²) in [7, 11) is -1.73. The molecule has 131 valence electrons. The molecule has 1 heterocycles. The molecule has 0 bridgehead atoms. The van der Waals surface area contributed by atoms with Crippen LogP contribution in [0, 0.1) is 5.92 Å². The second-order valence-electron chi connectivity index (χ2n) is 6.93. The zero-order valence-electron chi connectivity index (χ0n) is 15.2. The monoisotopic (exact) mass is 443 g/mol. The summed E-state index contributed by atoms with van der Waals surface area (Å²) in [5.41, 5.74) is 7.40. The minimum Gasteiger partial charge on any atom is -1.00 e. The Balaban J connectivity index is 0.00000104. The zero-order valence-corrected chi connectivity index (χ0v) is 20.1. The van der Waals surface area contributed by atoms with Crippen LogP contribution < -0.4 is 35.2 Å². The van der Waals surface area contributed by atoms with Crippen LogP contribution in [0.5, 0.6) is 0 Å². The molecule has 2 atom stereocenters. The summed E-state index contributed by atoms with van der Waals surface area (Å²) in [6.07, 6.45) is 0. The third-order valence-electron chi connectivity index (χ3n) is 6.09. The van der Waals surface area contributed by atoms with Gasteiger partial charge < -0.3 is 24.8 Å². The summed E-state index contributed by atoms with van der Waals surface area (Å²) >= 11 is 6.94. The van der Waals surface area contributed by atoms with Crippen molar-refractivity contribution >= 4 is 45.2 Å². The Morgan fingerprint density at radius 1 is 1.12 bits per heavy atom. The van der Waals surface area contributed by atoms with E-state index in [1.54, 1.807) is 0 Å². The van der Waals surface area contributed by atoms with Gasteiger partial charge in [-0.25, -0.2) is 0 Å². The van der Waals surface area contributed by atoms with Gasteiger partial charge in [0, 0.05) is 5.92 Å². The summed E-state index contributed by atoms with van der Waals surface area (Å²) in [4.78, 5) is 0. The maximum Gasteiger partial charge on any atom is 3.00 e. The molecule has 0 spiro atoms. The Morgan fingerprint density at radius 3 is 2.28 bits per heavy atom. The zero-order chi connectivity index (χ0) is 15.8. The fraction of sp³-hybridized carbons (Fsp3) is 0.350. The Bertz CT molecular complexity index is 894. The quantitative estimate of drug-likeness (QED) is 0.315. The van der Waals surface area contributed by atoms with Gasteiger partial charge in [-0.15, -0.1) is 39.3 Å². The molecule has 1 radical (unpaired) electrons. The third-order valence-corrected chi connectivity index (χ3v) is 11.4. The molecule has 0 saturated carbocycles. The van der Waals surface area contributed by atoms with Gasteiger partial charge in [0.2, 0.25) is 0 Å². The number of fused-ring (bicyclic) bond motifs is 3. The summed E-state index contributed by atoms with van der Waals surface area (Å²) in [6, 6.07) is 10.2. The van der Waals surface area contributed by atoms with Crippen molar-refractivity contribution in [3.63, 3.8) is 0 Å². The number of benzene rings is 1. The molecular weight excluding hydrogens is 423 g/mol. The van der Waals surface area contributed by atoms with Crippen LogP contribution in [0.15, 0.2) is 41.0 Å². The number of allylic oxidation sites excluding steroid dienone is 4. The van der Waals surface area contributed by atoms with Crippen LogP contribution in [-0.2, 0) is 21.7 Å². The topological polar surface area (TPSA) is 0 Å². The Hall–Kier alpha value is 0.111. The molecule has 25 heavy (non-hydrogen) atoms. The van der Waals surface area contributed by atoms with E-state index in [1.807, 2.05) is 0 Å². The van der Waals surface area contributed by atoms with Crippen molar-refractivity contribution in [1.82, 2.24) is 0 Å². The molecular formula is C20H22Cl3SiTi. The van der Waals surface area contributed by atoms with Crippen LogP contribution in [0.2, 0.25) is 6.04 Å². The minimum absolute atomic E-state index is 0. The molecule has 2 unspecified atom stereocenters. The Labute approximate surface area is 183 Å². The van der Waals surface area contributed by atoms with Gasteiger partial charge in [-0.05, 0) is 43.5 Å². The maximum absolute atomic E-state index is 6.94. The third kappa shape index (κ3) is 2.96. The molecule has 0 fully saturated rings. The van der Waals surface area contributed by atoms with Gasteiger partial charge in [0.05, 0.1) is 0 Å². The van der Waals surface area contributed by atoms with Crippen molar-refractivity contribution in [1.29, 1.82) is 0 Å². The van der Waals surface area contributed by atoms with Crippen LogP contribution in [0.3, 0.4) is 0 Å². The molecule has 2 aliphatic rings. The normalized spacial score (nSPS) is 23.8. The van der Waals surface area contributed by atoms with Crippen LogP contribution in [0.4, 0.5) is 0 Å². The molecule has 0 nitrogen and oxygen atoms in total. The standard InChI is InChI=1S/C20H22ClSi.2ClH.Ti/c1-6-22(21)17-10-15-8-7-9-16(19(15)20(17)22)18-13(4)11(2)12(3)14(18)5;;;/h7-10,13H,6H2,1-5H3;2*1H;/q-1;;;+3/p-2. The Kier molecular flexibility index (Phi) is 7.06. The maximum atomic E-state index is 6.94. The number of rotatable bonds is 2. The number of halogens is 3. The number of hydrogen-bond acceptors (Lipinski definition) is 0. The van der Waals surface area contributed by atoms with E-state index in [1.165, 1.54) is 49.0 Å². The van der Waals surface area contributed by atoms with E-state index in [9.17, 15) is 0 Å². The summed E-state index contributed by atoms with van der Waals surface area (Å²) in [5, 5.41) is 5.86. The van der Waals surface area contributed by atoms with Crippen molar-refractivity contribution in [3.05, 3.63) is 46.5 Å². The molecule has 0 aromatic heterocycles. The molecule has 0 saturated heterocycles. The van der Waals surface area contributed by atoms with Gasteiger partial charge in [0.25, 0.3) is 0 Å². The molecule has 2 aromatic rings. The second kappa shape index (κ2) is 7.62. The average Bonchev–Trinajstić information content (AvgIpc) is 2.81. The van der Waals surface area contributed by atoms with E-state index in [2.05, 4.69) is 58.9 Å². The second-order valence-corrected chi connectivity index (χ2v) is 12.2. The predicted octanol–water partition coefficient (Wildman–Crippen LogP) is -1.04. The summed E-state index contributed by atoms with van der Waals surface area (Å²) < 4.78 is 0. The van der Waals surface area contributed by atoms with Gasteiger partial charge in [-0.1, -0.05) is 31.1 Å². The van der Waals surface area contributed by atoms with Gasteiger partial charge in [0.15, 0.2) is 0 Å². The molecule has 2 aromatic carbocycles. The van der Waals surface area contributed by atoms with E-state index in [4.69, 9.17) is 11.1 Å². The van der Waals surface area contributed by atoms with Gasteiger partial charge in [-0.2, -0.15) is 11.1 Å². The molecule has 4 rings (SSSR count). The van der Waals surface area contributed by atoms with Gasteiger partial charge in [0.1, 0.15) is 7.38 Å². The molecule has 1 aliphatic heterocycles. The Morgan fingerprint density at radius 2 is 1.76 bits per heavy atom. The van der Waals surface area contributed by atoms with Crippen molar-refractivity contribution in [2.45, 2.75) is 40.7 Å². The summed E-state index contributed by atoms with van der Waals surface area (Å²) in [6.45, 7) is 11.4. The molecule has 5 heteroatoms. The molecule has 0 amide bonds. The molecule has 1 aliphatic carbocycles. The predicted molar refractivity (Wildman–Crippen MR) is 101 cm³/mol. The van der Waals surface area contributed by atoms with Gasteiger partial charge >= 0.3 is 21.7 Å². The van der Waals surface area contributed by atoms with E-state index in [-0.39, 0.29) is 46.5 Å². The summed E-state index contributed by atoms with van der Waals surface area (Å²) in [5.74, 6) is 0.517. The first-order valence-corrected chi connectivity index (χ1v) is 11.4. The first kappa shape index (κ1) is 23.2. The largest absolute Gasteiger partial charge is 3.00 e. The van der Waals surface area contributed by atoms with E-state index < -0.39 is 7.38 Å². The SMILES string of the molecule is CC[Si]1(Cl)c2[cH-]c3cccc(C4=C(C)C(C)=C(C)C4C)c3c21.[Cl-].[Cl-].[Ti+3]. The van der Waals surface area contributed by atoms with E-state index >= 15 is 0 Å². The van der Waals surface area contributed by atoms with Crippen LogP contribution in [0.25, 0.3) is 16.3 Å². The fourth-order valence-corrected chi connectivity index (χ4v) is 8.56. The average molecular weight is 445 g/mol. The van der Waals surface area contributed by atoms with Crippen LogP contribution >= 0.6 is 11.1 Å². The van der Waals surface area contributed by atoms with Crippen molar-refractivity contribution in [3.8, 4) is 0 Å². The number of hydrogen-bond donors (Lipinski definition) is 0. The van der Waals surface area contributed by atoms with Crippen LogP contribution in [-0.4, -0.2) is 7.38 Å². The van der Waals surface area contributed by atoms with Crippen LogP contribution in [0.1, 0.15) is 40.2 Å². The van der Waals surface area contributed by atoms with Crippen molar-refractivity contribution < 1.29 is 46.5 Å². The van der Waals surface area contributed by atoms with Crippen molar-refractivity contribution in [2.75, 3.05) is 0 Å². The van der Waals surface area contributed by atoms with E-state index in [0.717, 1.165) is 6.04 Å². The van der Waals surface area contributed by atoms with E-state index in [0.29, 0.717) is 5.92 Å². The van der Waals surface area contributed by atoms with Gasteiger partial charge in [-0.3, -0.25) is 0 Å². The first-order chi connectivity index (χ1) is 10.4. The fourth-order valence-electron chi connectivity index (χ4n) is 4.35. The minimum atomic E-state index is -1.73. The van der Waals surface area contributed by atoms with Crippen molar-refractivity contribution in [2.24, 2.45) is 5.92 Å².